The Balaban J connectivity index is 1.90. The Bertz CT molecular complexity index is 704. The molecule has 23 heavy (non-hydrogen) atoms. The number of carbonyl (C=O) groups is 2. The third-order valence-corrected chi connectivity index (χ3v) is 3.15. The lowest BCUT2D eigenvalue weighted by Crippen LogP contribution is -2.29. The third kappa shape index (κ3) is 4.54. The zero-order valence-electron chi connectivity index (χ0n) is 12.6. The second kappa shape index (κ2) is 7.93. The monoisotopic (exact) mass is 316 g/mol. The first-order valence-corrected chi connectivity index (χ1v) is 7.06. The number of para-hydroxylation sites is 1. The first-order chi connectivity index (χ1) is 11.1. The fraction of sp³-hybridized carbons (Fsp3) is 0.176. The topological polar surface area (TPSA) is 67.4 Å². The van der Waals surface area contributed by atoms with E-state index < -0.39 is 5.91 Å². The van der Waals surface area contributed by atoms with E-state index in [0.717, 1.165) is 0 Å². The molecule has 0 spiro atoms. The maximum atomic E-state index is 13.4. The second-order valence-electron chi connectivity index (χ2n) is 4.73. The molecule has 0 aliphatic rings. The molecule has 0 bridgehead atoms. The van der Waals surface area contributed by atoms with Gasteiger partial charge in [-0.25, -0.2) is 4.39 Å². The minimum Gasteiger partial charge on any atom is -0.483 e. The summed E-state index contributed by atoms with van der Waals surface area (Å²) in [6, 6.07) is 12.8. The molecule has 2 rings (SSSR count). The fourth-order valence-electron chi connectivity index (χ4n) is 1.94. The summed E-state index contributed by atoms with van der Waals surface area (Å²) in [6.45, 7) is -0.186. The predicted octanol–water partition coefficient (Wildman–Crippen LogP) is 1.88. The van der Waals surface area contributed by atoms with Crippen LogP contribution in [0, 0.1) is 5.82 Å². The van der Waals surface area contributed by atoms with Crippen molar-refractivity contribution in [3.8, 4) is 5.75 Å². The summed E-state index contributed by atoms with van der Waals surface area (Å²) >= 11 is 0. The Morgan fingerprint density at radius 1 is 1.09 bits per heavy atom. The van der Waals surface area contributed by atoms with Crippen LogP contribution in [-0.2, 0) is 11.3 Å². The second-order valence-corrected chi connectivity index (χ2v) is 4.73. The molecule has 0 saturated carbocycles. The van der Waals surface area contributed by atoms with Crippen molar-refractivity contribution in [2.75, 3.05) is 13.7 Å². The van der Waals surface area contributed by atoms with E-state index in [-0.39, 0.29) is 24.9 Å². The standard InChI is InChI=1S/C17H17FN2O3/c1-19-17(22)13-7-3-5-9-15(13)23-11-16(21)20-10-12-6-2-4-8-14(12)18/h2-9H,10-11H2,1H3,(H,19,22)(H,20,21). The number of rotatable bonds is 6. The van der Waals surface area contributed by atoms with Gasteiger partial charge in [0.1, 0.15) is 11.6 Å². The van der Waals surface area contributed by atoms with E-state index in [1.165, 1.54) is 13.1 Å². The molecule has 0 aliphatic carbocycles. The maximum Gasteiger partial charge on any atom is 0.258 e. The predicted molar refractivity (Wildman–Crippen MR) is 83.6 cm³/mol. The van der Waals surface area contributed by atoms with Gasteiger partial charge in [0.25, 0.3) is 11.8 Å². The van der Waals surface area contributed by atoms with E-state index in [1.54, 1.807) is 42.5 Å². The highest BCUT2D eigenvalue weighted by atomic mass is 19.1. The van der Waals surface area contributed by atoms with E-state index in [0.29, 0.717) is 16.9 Å². The van der Waals surface area contributed by atoms with Crippen LogP contribution in [0.15, 0.2) is 48.5 Å². The van der Waals surface area contributed by atoms with Gasteiger partial charge in [0.2, 0.25) is 0 Å². The number of benzene rings is 2. The smallest absolute Gasteiger partial charge is 0.258 e. The van der Waals surface area contributed by atoms with Crippen molar-refractivity contribution in [1.82, 2.24) is 10.6 Å². The van der Waals surface area contributed by atoms with Gasteiger partial charge in [0, 0.05) is 19.2 Å². The highest BCUT2D eigenvalue weighted by molar-refractivity contribution is 5.96. The highest BCUT2D eigenvalue weighted by Gasteiger charge is 2.12. The molecule has 0 radical (unpaired) electrons. The molecule has 6 heteroatoms. The fourth-order valence-corrected chi connectivity index (χ4v) is 1.94. The van der Waals surface area contributed by atoms with Crippen LogP contribution in [0.4, 0.5) is 4.39 Å². The Morgan fingerprint density at radius 3 is 2.52 bits per heavy atom. The van der Waals surface area contributed by atoms with Crippen molar-refractivity contribution in [3.05, 3.63) is 65.5 Å². The molecule has 0 heterocycles. The number of hydrogen-bond donors (Lipinski definition) is 2. The minimum atomic E-state index is -0.403. The Morgan fingerprint density at radius 2 is 1.78 bits per heavy atom. The largest absolute Gasteiger partial charge is 0.483 e. The Labute approximate surface area is 133 Å². The molecule has 2 N–H and O–H groups in total. The molecule has 0 saturated heterocycles. The van der Waals surface area contributed by atoms with Gasteiger partial charge in [0.15, 0.2) is 6.61 Å². The van der Waals surface area contributed by atoms with E-state index in [2.05, 4.69) is 10.6 Å². The van der Waals surface area contributed by atoms with Crippen molar-refractivity contribution < 1.29 is 18.7 Å². The molecule has 0 fully saturated rings. The summed E-state index contributed by atoms with van der Waals surface area (Å²) < 4.78 is 18.8. The Kier molecular flexibility index (Phi) is 5.68. The quantitative estimate of drug-likeness (QED) is 0.855. The molecule has 2 aromatic carbocycles. The average molecular weight is 316 g/mol. The molecule has 0 aromatic heterocycles. The van der Waals surface area contributed by atoms with Crippen molar-refractivity contribution in [1.29, 1.82) is 0 Å². The van der Waals surface area contributed by atoms with E-state index in [4.69, 9.17) is 4.74 Å². The normalized spacial score (nSPS) is 10.0. The summed E-state index contributed by atoms with van der Waals surface area (Å²) in [4.78, 5) is 23.5. The van der Waals surface area contributed by atoms with Crippen molar-refractivity contribution >= 4 is 11.8 Å². The van der Waals surface area contributed by atoms with Gasteiger partial charge in [-0.15, -0.1) is 0 Å². The van der Waals surface area contributed by atoms with Crippen LogP contribution in [0.1, 0.15) is 15.9 Å². The van der Waals surface area contributed by atoms with Crippen LogP contribution >= 0.6 is 0 Å². The van der Waals surface area contributed by atoms with Gasteiger partial charge < -0.3 is 15.4 Å². The molecule has 2 amide bonds. The number of amides is 2. The summed E-state index contributed by atoms with van der Waals surface area (Å²) in [5.41, 5.74) is 0.739. The summed E-state index contributed by atoms with van der Waals surface area (Å²) in [5, 5.41) is 5.07. The average Bonchev–Trinajstić information content (AvgIpc) is 2.58. The van der Waals surface area contributed by atoms with E-state index in [1.807, 2.05) is 0 Å². The van der Waals surface area contributed by atoms with Crippen LogP contribution in [0.2, 0.25) is 0 Å². The van der Waals surface area contributed by atoms with Crippen molar-refractivity contribution in [2.24, 2.45) is 0 Å². The molecule has 120 valence electrons. The van der Waals surface area contributed by atoms with Crippen LogP contribution in [0.5, 0.6) is 5.75 Å². The molecule has 0 unspecified atom stereocenters. The van der Waals surface area contributed by atoms with E-state index >= 15 is 0 Å². The van der Waals surface area contributed by atoms with E-state index in [9.17, 15) is 14.0 Å². The lowest BCUT2D eigenvalue weighted by molar-refractivity contribution is -0.123. The summed E-state index contributed by atoms with van der Waals surface area (Å²) in [5.74, 6) is -0.765. The van der Waals surface area contributed by atoms with Crippen LogP contribution in [-0.4, -0.2) is 25.5 Å². The summed E-state index contributed by atoms with van der Waals surface area (Å²) in [7, 11) is 1.51. The number of nitrogens with one attached hydrogen (secondary N) is 2. The van der Waals surface area contributed by atoms with Crippen LogP contribution in [0.3, 0.4) is 0 Å². The van der Waals surface area contributed by atoms with Crippen LogP contribution < -0.4 is 15.4 Å². The van der Waals surface area contributed by atoms with Crippen LogP contribution in [0.25, 0.3) is 0 Å². The van der Waals surface area contributed by atoms with Gasteiger partial charge >= 0.3 is 0 Å². The van der Waals surface area contributed by atoms with Gasteiger partial charge in [-0.1, -0.05) is 30.3 Å². The SMILES string of the molecule is CNC(=O)c1ccccc1OCC(=O)NCc1ccccc1F. The van der Waals surface area contributed by atoms with Gasteiger partial charge in [0.05, 0.1) is 5.56 Å². The first kappa shape index (κ1) is 16.5. The molecule has 0 atom stereocenters. The van der Waals surface area contributed by atoms with Crippen molar-refractivity contribution in [3.63, 3.8) is 0 Å². The lowest BCUT2D eigenvalue weighted by Gasteiger charge is -2.11. The third-order valence-electron chi connectivity index (χ3n) is 3.15. The van der Waals surface area contributed by atoms with Crippen molar-refractivity contribution in [2.45, 2.75) is 6.54 Å². The van der Waals surface area contributed by atoms with Gasteiger partial charge in [-0.05, 0) is 18.2 Å². The number of ether oxygens (including phenoxy) is 1. The number of hydrogen-bond acceptors (Lipinski definition) is 3. The van der Waals surface area contributed by atoms with Gasteiger partial charge in [-0.3, -0.25) is 9.59 Å². The molecular weight excluding hydrogens is 299 g/mol. The maximum absolute atomic E-state index is 13.4. The molecule has 5 nitrogen and oxygen atoms in total. The zero-order chi connectivity index (χ0) is 16.7. The molecule has 2 aromatic rings. The number of halogens is 1. The number of carbonyl (C=O) groups excluding carboxylic acids is 2. The first-order valence-electron chi connectivity index (χ1n) is 7.06. The minimum absolute atomic E-state index is 0.0754. The Hall–Kier alpha value is -2.89. The zero-order valence-corrected chi connectivity index (χ0v) is 12.6. The summed E-state index contributed by atoms with van der Waals surface area (Å²) in [6.07, 6.45) is 0. The highest BCUT2D eigenvalue weighted by Crippen LogP contribution is 2.17. The lowest BCUT2D eigenvalue weighted by atomic mass is 10.2. The molecular formula is C17H17FN2O3. The molecule has 0 aliphatic heterocycles. The van der Waals surface area contributed by atoms with Gasteiger partial charge in [-0.2, -0.15) is 0 Å².